The summed E-state index contributed by atoms with van der Waals surface area (Å²) < 4.78 is 5.35. The van der Waals surface area contributed by atoms with E-state index in [1.165, 1.54) is 0 Å². The molecular weight excluding hydrogens is 272 g/mol. The van der Waals surface area contributed by atoms with Crippen LogP contribution in [0.1, 0.15) is 47.5 Å². The number of carbonyl (C=O) groups excluding carboxylic acids is 1. The van der Waals surface area contributed by atoms with E-state index in [-0.39, 0.29) is 24.5 Å². The van der Waals surface area contributed by atoms with Crippen LogP contribution in [-0.2, 0) is 9.53 Å². The quantitative estimate of drug-likeness (QED) is 0.577. The molecule has 0 saturated heterocycles. The zero-order valence-corrected chi connectivity index (χ0v) is 13.9. The van der Waals surface area contributed by atoms with Crippen molar-refractivity contribution in [3.63, 3.8) is 0 Å². The predicted octanol–water partition coefficient (Wildman–Crippen LogP) is 2.24. The Hall–Kier alpha value is -1.30. The van der Waals surface area contributed by atoms with Crippen molar-refractivity contribution in [2.24, 2.45) is 11.3 Å². The van der Waals surface area contributed by atoms with Crippen molar-refractivity contribution in [2.75, 3.05) is 19.8 Å². The monoisotopic (exact) mass is 302 g/mol. The lowest BCUT2D eigenvalue weighted by molar-refractivity contribution is -0.149. The van der Waals surface area contributed by atoms with Gasteiger partial charge in [0, 0.05) is 13.2 Å². The molecule has 0 aliphatic heterocycles. The Morgan fingerprint density at radius 1 is 1.19 bits per heavy atom. The van der Waals surface area contributed by atoms with E-state index in [0.717, 1.165) is 0 Å². The highest BCUT2D eigenvalue weighted by molar-refractivity contribution is 5.78. The molecule has 0 aromatic heterocycles. The van der Waals surface area contributed by atoms with Gasteiger partial charge < -0.3 is 20.5 Å². The molecule has 0 saturated carbocycles. The Morgan fingerprint density at radius 2 is 1.76 bits per heavy atom. The van der Waals surface area contributed by atoms with Crippen molar-refractivity contribution in [1.29, 1.82) is 0 Å². The van der Waals surface area contributed by atoms with Gasteiger partial charge in [-0.1, -0.05) is 27.7 Å². The lowest BCUT2D eigenvalue weighted by atomic mass is 9.82. The Bertz CT molecular complexity index is 328. The molecule has 0 bridgehead atoms. The number of aliphatic carboxylic acids is 1. The fourth-order valence-corrected chi connectivity index (χ4v) is 1.99. The van der Waals surface area contributed by atoms with Gasteiger partial charge in [0.2, 0.25) is 0 Å². The van der Waals surface area contributed by atoms with Crippen LogP contribution in [0.2, 0.25) is 0 Å². The van der Waals surface area contributed by atoms with Crippen LogP contribution in [0, 0.1) is 11.3 Å². The number of ether oxygens (including phenoxy) is 1. The molecule has 0 aliphatic carbocycles. The molecule has 0 aromatic rings. The lowest BCUT2D eigenvalue weighted by Crippen LogP contribution is -2.50. The fraction of sp³-hybridized carbons (Fsp3) is 0.867. The van der Waals surface area contributed by atoms with Crippen molar-refractivity contribution in [3.05, 3.63) is 0 Å². The zero-order chi connectivity index (χ0) is 16.5. The van der Waals surface area contributed by atoms with E-state index < -0.39 is 11.4 Å². The van der Waals surface area contributed by atoms with Crippen LogP contribution in [-0.4, -0.2) is 42.9 Å². The molecule has 0 radical (unpaired) electrons. The van der Waals surface area contributed by atoms with Gasteiger partial charge in [-0.15, -0.1) is 0 Å². The molecule has 3 N–H and O–H groups in total. The second kappa shape index (κ2) is 9.60. The van der Waals surface area contributed by atoms with Gasteiger partial charge in [-0.25, -0.2) is 4.79 Å². The van der Waals surface area contributed by atoms with E-state index >= 15 is 0 Å². The van der Waals surface area contributed by atoms with Crippen molar-refractivity contribution in [2.45, 2.75) is 53.5 Å². The molecule has 0 fully saturated rings. The van der Waals surface area contributed by atoms with E-state index in [1.807, 2.05) is 34.6 Å². The molecule has 0 rings (SSSR count). The van der Waals surface area contributed by atoms with Crippen LogP contribution < -0.4 is 10.6 Å². The van der Waals surface area contributed by atoms with Crippen molar-refractivity contribution in [1.82, 2.24) is 10.6 Å². The molecule has 1 atom stereocenters. The van der Waals surface area contributed by atoms with Crippen molar-refractivity contribution >= 4 is 12.0 Å². The molecule has 21 heavy (non-hydrogen) atoms. The summed E-state index contributed by atoms with van der Waals surface area (Å²) in [7, 11) is 0. The molecule has 124 valence electrons. The molecule has 0 heterocycles. The minimum atomic E-state index is -0.898. The van der Waals surface area contributed by atoms with Gasteiger partial charge >= 0.3 is 12.0 Å². The predicted molar refractivity (Wildman–Crippen MR) is 82.3 cm³/mol. The third kappa shape index (κ3) is 6.33. The van der Waals surface area contributed by atoms with Gasteiger partial charge in [0.1, 0.15) is 0 Å². The molecule has 0 spiro atoms. The molecule has 0 aromatic carbocycles. The van der Waals surface area contributed by atoms with E-state index in [4.69, 9.17) is 4.74 Å². The number of carboxylic acids is 1. The molecule has 2 amide bonds. The zero-order valence-electron chi connectivity index (χ0n) is 13.9. The minimum Gasteiger partial charge on any atom is -0.481 e. The van der Waals surface area contributed by atoms with Gasteiger partial charge in [-0.05, 0) is 25.7 Å². The average Bonchev–Trinajstić information content (AvgIpc) is 2.44. The number of nitrogens with one attached hydrogen (secondary N) is 2. The van der Waals surface area contributed by atoms with E-state index in [1.54, 1.807) is 0 Å². The maximum Gasteiger partial charge on any atom is 0.315 e. The van der Waals surface area contributed by atoms with Crippen LogP contribution in [0.25, 0.3) is 0 Å². The summed E-state index contributed by atoms with van der Waals surface area (Å²) >= 11 is 0. The standard InChI is InChI=1S/C15H30N2O4/c1-6-15(7-2,13(18)19)10-16-14(20)17-12(11(4)5)9-21-8-3/h11-12H,6-10H2,1-5H3,(H,18,19)(H2,16,17,20). The number of hydrogen-bond acceptors (Lipinski definition) is 3. The van der Waals surface area contributed by atoms with Crippen molar-refractivity contribution < 1.29 is 19.4 Å². The van der Waals surface area contributed by atoms with Gasteiger partial charge in [0.25, 0.3) is 0 Å². The second-order valence-corrected chi connectivity index (χ2v) is 5.63. The number of amides is 2. The van der Waals surface area contributed by atoms with E-state index in [9.17, 15) is 14.7 Å². The summed E-state index contributed by atoms with van der Waals surface area (Å²) in [6.45, 7) is 10.7. The molecule has 6 nitrogen and oxygen atoms in total. The average molecular weight is 302 g/mol. The Balaban J connectivity index is 4.50. The summed E-state index contributed by atoms with van der Waals surface area (Å²) in [6.07, 6.45) is 0.956. The largest absolute Gasteiger partial charge is 0.481 e. The topological polar surface area (TPSA) is 87.7 Å². The highest BCUT2D eigenvalue weighted by Gasteiger charge is 2.35. The third-order valence-electron chi connectivity index (χ3n) is 4.02. The summed E-state index contributed by atoms with van der Waals surface area (Å²) in [5.41, 5.74) is -0.898. The number of carboxylic acid groups (broad SMARTS) is 1. The van der Waals surface area contributed by atoms with Crippen LogP contribution in [0.5, 0.6) is 0 Å². The second-order valence-electron chi connectivity index (χ2n) is 5.63. The first kappa shape index (κ1) is 19.7. The molecule has 6 heteroatoms. The van der Waals surface area contributed by atoms with Gasteiger partial charge in [0.15, 0.2) is 0 Å². The Labute approximate surface area is 127 Å². The smallest absolute Gasteiger partial charge is 0.315 e. The lowest BCUT2D eigenvalue weighted by Gasteiger charge is -2.28. The highest BCUT2D eigenvalue weighted by Crippen LogP contribution is 2.25. The van der Waals surface area contributed by atoms with E-state index in [0.29, 0.717) is 26.1 Å². The third-order valence-corrected chi connectivity index (χ3v) is 4.02. The van der Waals surface area contributed by atoms with Crippen LogP contribution >= 0.6 is 0 Å². The first-order valence-electron chi connectivity index (χ1n) is 7.68. The number of rotatable bonds is 10. The fourth-order valence-electron chi connectivity index (χ4n) is 1.99. The summed E-state index contributed by atoms with van der Waals surface area (Å²) in [5, 5.41) is 14.9. The van der Waals surface area contributed by atoms with Crippen LogP contribution in [0.15, 0.2) is 0 Å². The SMILES string of the molecule is CCOCC(NC(=O)NCC(CC)(CC)C(=O)O)C(C)C. The molecule has 0 aliphatic rings. The van der Waals surface area contributed by atoms with E-state index in [2.05, 4.69) is 10.6 Å². The van der Waals surface area contributed by atoms with Crippen LogP contribution in [0.4, 0.5) is 4.79 Å². The van der Waals surface area contributed by atoms with Gasteiger partial charge in [-0.2, -0.15) is 0 Å². The van der Waals surface area contributed by atoms with Gasteiger partial charge in [0.05, 0.1) is 18.1 Å². The Kier molecular flexibility index (Phi) is 9.01. The van der Waals surface area contributed by atoms with Crippen LogP contribution in [0.3, 0.4) is 0 Å². The number of urea groups is 1. The maximum atomic E-state index is 12.0. The van der Waals surface area contributed by atoms with Gasteiger partial charge in [-0.3, -0.25) is 4.79 Å². The summed E-state index contributed by atoms with van der Waals surface area (Å²) in [6, 6.07) is -0.437. The highest BCUT2D eigenvalue weighted by atomic mass is 16.5. The first-order chi connectivity index (χ1) is 9.82. The summed E-state index contributed by atoms with van der Waals surface area (Å²) in [5.74, 6) is -0.633. The normalized spacial score (nSPS) is 13.0. The minimum absolute atomic E-state index is 0.0903. The molecular formula is C15H30N2O4. The number of hydrogen-bond donors (Lipinski definition) is 3. The Morgan fingerprint density at radius 3 is 2.14 bits per heavy atom. The molecule has 1 unspecified atom stereocenters. The maximum absolute atomic E-state index is 12.0. The summed E-state index contributed by atoms with van der Waals surface area (Å²) in [4.78, 5) is 23.3. The number of carbonyl (C=O) groups is 2. The van der Waals surface area contributed by atoms with Crippen molar-refractivity contribution in [3.8, 4) is 0 Å². The first-order valence-corrected chi connectivity index (χ1v) is 7.68.